The number of benzene rings is 1. The first-order valence-corrected chi connectivity index (χ1v) is 7.05. The number of hydrogen-bond acceptors (Lipinski definition) is 5. The van der Waals surface area contributed by atoms with E-state index in [1.165, 1.54) is 13.0 Å². The summed E-state index contributed by atoms with van der Waals surface area (Å²) in [5.74, 6) is 0.220. The maximum Gasteiger partial charge on any atom is 0.322 e. The number of carbonyl (C=O) groups excluding carboxylic acids is 2. The Hall–Kier alpha value is -2.43. The van der Waals surface area contributed by atoms with Gasteiger partial charge >= 0.3 is 5.97 Å². The van der Waals surface area contributed by atoms with Crippen LogP contribution in [-0.2, 0) is 19.7 Å². The summed E-state index contributed by atoms with van der Waals surface area (Å²) in [5, 5.41) is 0. The van der Waals surface area contributed by atoms with Crippen LogP contribution in [-0.4, -0.2) is 31.7 Å². The highest BCUT2D eigenvalue weighted by atomic mass is 16.5. The van der Waals surface area contributed by atoms with E-state index in [9.17, 15) is 9.59 Å². The summed E-state index contributed by atoms with van der Waals surface area (Å²) in [4.78, 5) is 28.3. The molecule has 116 valence electrons. The monoisotopic (exact) mass is 301 g/mol. The minimum absolute atomic E-state index is 0.0145. The molecule has 5 heteroatoms. The lowest BCUT2D eigenvalue weighted by Crippen LogP contribution is -2.38. The van der Waals surface area contributed by atoms with Gasteiger partial charge in [-0.1, -0.05) is 12.7 Å². The van der Waals surface area contributed by atoms with Crippen molar-refractivity contribution in [1.82, 2.24) is 0 Å². The van der Waals surface area contributed by atoms with E-state index in [1.807, 2.05) is 0 Å². The van der Waals surface area contributed by atoms with E-state index in [0.29, 0.717) is 23.4 Å². The molecule has 2 rings (SSSR count). The third-order valence-corrected chi connectivity index (χ3v) is 3.68. The highest BCUT2D eigenvalue weighted by Crippen LogP contribution is 2.42. The molecule has 0 bridgehead atoms. The Morgan fingerprint density at radius 3 is 2.82 bits per heavy atom. The van der Waals surface area contributed by atoms with Crippen LogP contribution in [0.3, 0.4) is 0 Å². The van der Waals surface area contributed by atoms with Gasteiger partial charge in [-0.15, -0.1) is 0 Å². The number of carbonyl (C=O) groups is 2. The zero-order valence-corrected chi connectivity index (χ0v) is 12.8. The Kier molecular flexibility index (Phi) is 4.75. The standard InChI is InChI=1S/C17H19NO4/c1-4-9-22-16(20)17(8-7-12(2)19)11-18-15-6-5-13(21-3)10-14(15)17/h4-6,10-11H,1,7-9H2,2-3H3. The van der Waals surface area contributed by atoms with Gasteiger partial charge in [-0.05, 0) is 31.5 Å². The molecule has 22 heavy (non-hydrogen) atoms. The van der Waals surface area contributed by atoms with E-state index in [2.05, 4.69) is 11.6 Å². The molecule has 0 aliphatic carbocycles. The van der Waals surface area contributed by atoms with Gasteiger partial charge in [0.2, 0.25) is 0 Å². The molecule has 1 atom stereocenters. The van der Waals surface area contributed by atoms with Gasteiger partial charge in [-0.2, -0.15) is 0 Å². The number of hydrogen-bond donors (Lipinski definition) is 0. The van der Waals surface area contributed by atoms with Crippen molar-refractivity contribution in [3.05, 3.63) is 36.4 Å². The topological polar surface area (TPSA) is 65.0 Å². The fourth-order valence-corrected chi connectivity index (χ4v) is 2.46. The molecule has 0 saturated heterocycles. The molecule has 0 saturated carbocycles. The van der Waals surface area contributed by atoms with Crippen molar-refractivity contribution in [3.8, 4) is 5.75 Å². The number of rotatable bonds is 7. The number of esters is 1. The zero-order chi connectivity index (χ0) is 16.2. The summed E-state index contributed by atoms with van der Waals surface area (Å²) in [6.07, 6.45) is 3.68. The summed E-state index contributed by atoms with van der Waals surface area (Å²) in [6.45, 7) is 5.16. The van der Waals surface area contributed by atoms with E-state index < -0.39 is 11.4 Å². The average Bonchev–Trinajstić information content (AvgIpc) is 2.89. The molecular weight excluding hydrogens is 282 g/mol. The Bertz CT molecular complexity index is 636. The second kappa shape index (κ2) is 6.56. The first-order chi connectivity index (χ1) is 10.5. The number of ether oxygens (including phenoxy) is 2. The van der Waals surface area contributed by atoms with Crippen LogP contribution in [0.25, 0.3) is 0 Å². The van der Waals surface area contributed by atoms with Crippen LogP contribution < -0.4 is 4.74 Å². The van der Waals surface area contributed by atoms with Crippen molar-refractivity contribution < 1.29 is 19.1 Å². The van der Waals surface area contributed by atoms with Gasteiger partial charge in [0.25, 0.3) is 0 Å². The maximum absolute atomic E-state index is 12.6. The maximum atomic E-state index is 12.6. The number of nitrogens with zero attached hydrogens (tertiary/aromatic N) is 1. The van der Waals surface area contributed by atoms with Gasteiger partial charge in [0.1, 0.15) is 23.6 Å². The third-order valence-electron chi connectivity index (χ3n) is 3.68. The summed E-state index contributed by atoms with van der Waals surface area (Å²) in [5.41, 5.74) is 0.362. The van der Waals surface area contributed by atoms with Gasteiger partial charge in [-0.3, -0.25) is 9.79 Å². The summed E-state index contributed by atoms with van der Waals surface area (Å²) < 4.78 is 10.5. The Balaban J connectivity index is 2.43. The van der Waals surface area contributed by atoms with Crippen molar-refractivity contribution >= 4 is 23.7 Å². The number of aliphatic imine (C=N–C) groups is 1. The Labute approximate surface area is 129 Å². The minimum atomic E-state index is -1.04. The number of Topliss-reactive ketones (excluding diaryl/α,β-unsaturated/α-hetero) is 1. The highest BCUT2D eigenvalue weighted by molar-refractivity contribution is 6.07. The van der Waals surface area contributed by atoms with Gasteiger partial charge in [0.05, 0.1) is 12.8 Å². The molecule has 0 N–H and O–H groups in total. The van der Waals surface area contributed by atoms with E-state index >= 15 is 0 Å². The molecule has 0 amide bonds. The lowest BCUT2D eigenvalue weighted by Gasteiger charge is -2.25. The first kappa shape index (κ1) is 15.9. The van der Waals surface area contributed by atoms with E-state index in [-0.39, 0.29) is 18.8 Å². The largest absolute Gasteiger partial charge is 0.497 e. The van der Waals surface area contributed by atoms with Crippen LogP contribution >= 0.6 is 0 Å². The molecular formula is C17H19NO4. The Morgan fingerprint density at radius 1 is 1.41 bits per heavy atom. The summed E-state index contributed by atoms with van der Waals surface area (Å²) in [6, 6.07) is 5.35. The number of fused-ring (bicyclic) bond motifs is 1. The predicted molar refractivity (Wildman–Crippen MR) is 83.9 cm³/mol. The lowest BCUT2D eigenvalue weighted by atomic mass is 9.78. The predicted octanol–water partition coefficient (Wildman–Crippen LogP) is 2.75. The third kappa shape index (κ3) is 2.93. The molecule has 1 unspecified atom stereocenters. The van der Waals surface area contributed by atoms with Crippen molar-refractivity contribution in [2.45, 2.75) is 25.2 Å². The molecule has 0 radical (unpaired) electrons. The van der Waals surface area contributed by atoms with Crippen LogP contribution in [0.15, 0.2) is 35.8 Å². The van der Waals surface area contributed by atoms with Crippen LogP contribution in [0.5, 0.6) is 5.75 Å². The molecule has 1 aliphatic rings. The van der Waals surface area contributed by atoms with Crippen molar-refractivity contribution in [2.24, 2.45) is 4.99 Å². The Morgan fingerprint density at radius 2 is 2.18 bits per heavy atom. The van der Waals surface area contributed by atoms with Crippen LogP contribution in [0.2, 0.25) is 0 Å². The fraction of sp³-hybridized carbons (Fsp3) is 0.353. The van der Waals surface area contributed by atoms with Crippen molar-refractivity contribution in [2.75, 3.05) is 13.7 Å². The SMILES string of the molecule is C=CCOC(=O)C1(CCC(C)=O)C=Nc2ccc(OC)cc21. The van der Waals surface area contributed by atoms with Crippen LogP contribution in [0.4, 0.5) is 5.69 Å². The minimum Gasteiger partial charge on any atom is -0.497 e. The van der Waals surface area contributed by atoms with Gasteiger partial charge in [0, 0.05) is 18.2 Å². The van der Waals surface area contributed by atoms with Gasteiger partial charge in [-0.25, -0.2) is 0 Å². The molecule has 1 heterocycles. The molecule has 1 aromatic rings. The van der Waals surface area contributed by atoms with Crippen molar-refractivity contribution in [1.29, 1.82) is 0 Å². The molecule has 5 nitrogen and oxygen atoms in total. The second-order valence-corrected chi connectivity index (χ2v) is 5.20. The van der Waals surface area contributed by atoms with E-state index in [0.717, 1.165) is 0 Å². The second-order valence-electron chi connectivity index (χ2n) is 5.20. The molecule has 0 fully saturated rings. The first-order valence-electron chi connectivity index (χ1n) is 7.05. The molecule has 1 aromatic carbocycles. The van der Waals surface area contributed by atoms with Crippen molar-refractivity contribution in [3.63, 3.8) is 0 Å². The van der Waals surface area contributed by atoms with Gasteiger partial charge in [0.15, 0.2) is 0 Å². The number of methoxy groups -OCH3 is 1. The van der Waals surface area contributed by atoms with E-state index in [1.54, 1.807) is 31.5 Å². The summed E-state index contributed by atoms with van der Waals surface area (Å²) in [7, 11) is 1.56. The zero-order valence-electron chi connectivity index (χ0n) is 12.8. The lowest BCUT2D eigenvalue weighted by molar-refractivity contribution is -0.146. The number of ketones is 1. The normalized spacial score (nSPS) is 18.6. The molecule has 1 aliphatic heterocycles. The molecule has 0 aromatic heterocycles. The summed E-state index contributed by atoms with van der Waals surface area (Å²) >= 11 is 0. The highest BCUT2D eigenvalue weighted by Gasteiger charge is 2.45. The molecule has 0 spiro atoms. The smallest absolute Gasteiger partial charge is 0.322 e. The fourth-order valence-electron chi connectivity index (χ4n) is 2.46. The quantitative estimate of drug-likeness (QED) is 0.574. The average molecular weight is 301 g/mol. The van der Waals surface area contributed by atoms with Crippen LogP contribution in [0.1, 0.15) is 25.3 Å². The van der Waals surface area contributed by atoms with Crippen LogP contribution in [0, 0.1) is 0 Å². The van der Waals surface area contributed by atoms with E-state index in [4.69, 9.17) is 9.47 Å². The van der Waals surface area contributed by atoms with Gasteiger partial charge < -0.3 is 14.3 Å².